The van der Waals surface area contributed by atoms with E-state index in [9.17, 15) is 13.2 Å². The summed E-state index contributed by atoms with van der Waals surface area (Å²) >= 11 is 0. The maximum Gasteiger partial charge on any atom is 0.243 e. The quantitative estimate of drug-likeness (QED) is 0.676. The van der Waals surface area contributed by atoms with Crippen molar-refractivity contribution in [2.45, 2.75) is 24.8 Å². The number of amides is 1. The van der Waals surface area contributed by atoms with Gasteiger partial charge in [0, 0.05) is 26.2 Å². The third-order valence-electron chi connectivity index (χ3n) is 5.54. The molecule has 2 aromatic carbocycles. The van der Waals surface area contributed by atoms with Crippen LogP contribution in [0.15, 0.2) is 59.5 Å². The summed E-state index contributed by atoms with van der Waals surface area (Å²) in [5, 5.41) is 3.13. The molecule has 0 radical (unpaired) electrons. The number of piperazine rings is 1. The van der Waals surface area contributed by atoms with Gasteiger partial charge in [-0.15, -0.1) is 0 Å². The summed E-state index contributed by atoms with van der Waals surface area (Å²) in [6.07, 6.45) is 0. The van der Waals surface area contributed by atoms with Crippen LogP contribution in [0.25, 0.3) is 0 Å². The molecule has 0 saturated carbocycles. The number of carbonyl (C=O) groups excluding carboxylic acids is 1. The number of nitrogens with zero attached hydrogens (tertiary/aromatic N) is 2. The van der Waals surface area contributed by atoms with Gasteiger partial charge in [-0.25, -0.2) is 8.42 Å². The fraction of sp³-hybridized carbons (Fsp3) is 0.435. The first-order chi connectivity index (χ1) is 14.8. The molecule has 7 nitrogen and oxygen atoms in total. The van der Waals surface area contributed by atoms with Crippen LogP contribution in [0, 0.1) is 5.92 Å². The molecule has 1 aliphatic heterocycles. The lowest BCUT2D eigenvalue weighted by Crippen LogP contribution is -2.51. The first kappa shape index (κ1) is 23.2. The first-order valence-corrected chi connectivity index (χ1v) is 12.0. The van der Waals surface area contributed by atoms with Crippen molar-refractivity contribution >= 4 is 15.9 Å². The van der Waals surface area contributed by atoms with E-state index in [0.29, 0.717) is 31.9 Å². The van der Waals surface area contributed by atoms with Gasteiger partial charge in [-0.05, 0) is 35.7 Å². The Morgan fingerprint density at radius 1 is 1.00 bits per heavy atom. The van der Waals surface area contributed by atoms with Crippen molar-refractivity contribution in [2.24, 2.45) is 5.92 Å². The summed E-state index contributed by atoms with van der Waals surface area (Å²) in [6, 6.07) is 16.3. The predicted octanol–water partition coefficient (Wildman–Crippen LogP) is 2.52. The van der Waals surface area contributed by atoms with Crippen molar-refractivity contribution in [3.05, 3.63) is 60.2 Å². The van der Waals surface area contributed by atoms with Crippen LogP contribution in [-0.4, -0.2) is 63.4 Å². The van der Waals surface area contributed by atoms with Crippen molar-refractivity contribution in [3.63, 3.8) is 0 Å². The van der Waals surface area contributed by atoms with E-state index in [4.69, 9.17) is 4.74 Å². The maximum atomic E-state index is 12.9. The number of carbonyl (C=O) groups is 1. The molecule has 0 aromatic heterocycles. The Morgan fingerprint density at radius 3 is 2.16 bits per heavy atom. The second-order valence-electron chi connectivity index (χ2n) is 8.06. The lowest BCUT2D eigenvalue weighted by atomic mass is 9.96. The van der Waals surface area contributed by atoms with Crippen LogP contribution in [-0.2, 0) is 14.8 Å². The average molecular weight is 446 g/mol. The fourth-order valence-electron chi connectivity index (χ4n) is 3.74. The lowest BCUT2D eigenvalue weighted by Gasteiger charge is -2.34. The number of ether oxygens (including phenoxy) is 1. The Morgan fingerprint density at radius 2 is 1.61 bits per heavy atom. The maximum absolute atomic E-state index is 12.9. The Balaban J connectivity index is 1.55. The standard InChI is InChI=1S/C23H31N3O4S/c1-18(2)23(19-7-5-4-6-8-19)24-22(27)17-25-13-15-26(16-14-25)31(28,29)21-11-9-20(30-3)10-12-21/h4-12,18,23H,13-17H2,1-3H3,(H,24,27). The second-order valence-corrected chi connectivity index (χ2v) is 9.99. The van der Waals surface area contributed by atoms with E-state index < -0.39 is 10.0 Å². The van der Waals surface area contributed by atoms with Gasteiger partial charge in [0.15, 0.2) is 0 Å². The molecule has 0 aliphatic carbocycles. The van der Waals surface area contributed by atoms with E-state index in [1.54, 1.807) is 31.4 Å². The van der Waals surface area contributed by atoms with Crippen LogP contribution in [0.2, 0.25) is 0 Å². The average Bonchev–Trinajstić information content (AvgIpc) is 2.78. The first-order valence-electron chi connectivity index (χ1n) is 10.5. The SMILES string of the molecule is COc1ccc(S(=O)(=O)N2CCN(CC(=O)NC(c3ccccc3)C(C)C)CC2)cc1. The van der Waals surface area contributed by atoms with Crippen LogP contribution < -0.4 is 10.1 Å². The highest BCUT2D eigenvalue weighted by molar-refractivity contribution is 7.89. The minimum Gasteiger partial charge on any atom is -0.497 e. The minimum atomic E-state index is -3.55. The van der Waals surface area contributed by atoms with Gasteiger partial charge in [0.1, 0.15) is 5.75 Å². The van der Waals surface area contributed by atoms with Crippen LogP contribution in [0.1, 0.15) is 25.5 Å². The zero-order valence-corrected chi connectivity index (χ0v) is 19.1. The van der Waals surface area contributed by atoms with E-state index in [1.807, 2.05) is 35.2 Å². The van der Waals surface area contributed by atoms with E-state index in [1.165, 1.54) is 4.31 Å². The molecular weight excluding hydrogens is 414 g/mol. The zero-order chi connectivity index (χ0) is 22.4. The molecule has 0 spiro atoms. The third-order valence-corrected chi connectivity index (χ3v) is 7.45. The molecule has 8 heteroatoms. The number of benzene rings is 2. The zero-order valence-electron chi connectivity index (χ0n) is 18.3. The highest BCUT2D eigenvalue weighted by atomic mass is 32.2. The molecule has 1 saturated heterocycles. The van der Waals surface area contributed by atoms with Crippen molar-refractivity contribution in [3.8, 4) is 5.75 Å². The Bertz CT molecular complexity index is 954. The molecular formula is C23H31N3O4S. The van der Waals surface area contributed by atoms with Crippen LogP contribution in [0.4, 0.5) is 0 Å². The lowest BCUT2D eigenvalue weighted by molar-refractivity contribution is -0.123. The van der Waals surface area contributed by atoms with E-state index >= 15 is 0 Å². The molecule has 31 heavy (non-hydrogen) atoms. The molecule has 1 N–H and O–H groups in total. The summed E-state index contributed by atoms with van der Waals surface area (Å²) in [7, 11) is -2.01. The molecule has 168 valence electrons. The molecule has 1 atom stereocenters. The van der Waals surface area contributed by atoms with Gasteiger partial charge >= 0.3 is 0 Å². The molecule has 0 bridgehead atoms. The Hall–Kier alpha value is -2.42. The highest BCUT2D eigenvalue weighted by Crippen LogP contribution is 2.22. The van der Waals surface area contributed by atoms with Gasteiger partial charge in [-0.3, -0.25) is 9.69 Å². The molecule has 1 amide bonds. The predicted molar refractivity (Wildman–Crippen MR) is 120 cm³/mol. The minimum absolute atomic E-state index is 0.0472. The van der Waals surface area contributed by atoms with Gasteiger partial charge in [0.2, 0.25) is 15.9 Å². The molecule has 1 heterocycles. The van der Waals surface area contributed by atoms with E-state index in [2.05, 4.69) is 19.2 Å². The normalized spacial score (nSPS) is 16.8. The molecule has 1 unspecified atom stereocenters. The smallest absolute Gasteiger partial charge is 0.243 e. The number of sulfonamides is 1. The summed E-state index contributed by atoms with van der Waals surface area (Å²) in [5.41, 5.74) is 1.08. The Kier molecular flexibility index (Phi) is 7.69. The van der Waals surface area contributed by atoms with Crippen molar-refractivity contribution in [1.29, 1.82) is 0 Å². The van der Waals surface area contributed by atoms with Crippen molar-refractivity contribution < 1.29 is 17.9 Å². The largest absolute Gasteiger partial charge is 0.497 e. The van der Waals surface area contributed by atoms with Crippen LogP contribution in [0.3, 0.4) is 0 Å². The van der Waals surface area contributed by atoms with Gasteiger partial charge in [-0.2, -0.15) is 4.31 Å². The molecule has 2 aromatic rings. The number of methoxy groups -OCH3 is 1. The molecule has 1 aliphatic rings. The molecule has 3 rings (SSSR count). The Labute approximate surface area is 185 Å². The number of rotatable bonds is 8. The van der Waals surface area contributed by atoms with Gasteiger partial charge in [-0.1, -0.05) is 44.2 Å². The number of nitrogens with one attached hydrogen (secondary N) is 1. The molecule has 1 fully saturated rings. The highest BCUT2D eigenvalue weighted by Gasteiger charge is 2.29. The third kappa shape index (κ3) is 5.84. The van der Waals surface area contributed by atoms with E-state index in [-0.39, 0.29) is 29.3 Å². The van der Waals surface area contributed by atoms with Crippen molar-refractivity contribution in [1.82, 2.24) is 14.5 Å². The van der Waals surface area contributed by atoms with Crippen LogP contribution in [0.5, 0.6) is 5.75 Å². The number of hydrogen-bond acceptors (Lipinski definition) is 5. The van der Waals surface area contributed by atoms with E-state index in [0.717, 1.165) is 5.56 Å². The summed E-state index contributed by atoms with van der Waals surface area (Å²) < 4.78 is 32.3. The van der Waals surface area contributed by atoms with Crippen LogP contribution >= 0.6 is 0 Å². The summed E-state index contributed by atoms with van der Waals surface area (Å²) in [4.78, 5) is 14.9. The van der Waals surface area contributed by atoms with Gasteiger partial charge in [0.05, 0.1) is 24.6 Å². The van der Waals surface area contributed by atoms with Gasteiger partial charge in [0.25, 0.3) is 0 Å². The fourth-order valence-corrected chi connectivity index (χ4v) is 5.16. The van der Waals surface area contributed by atoms with Crippen molar-refractivity contribution in [2.75, 3.05) is 39.8 Å². The number of hydrogen-bond donors (Lipinski definition) is 1. The monoisotopic (exact) mass is 445 g/mol. The summed E-state index contributed by atoms with van der Waals surface area (Å²) in [5.74, 6) is 0.830. The summed E-state index contributed by atoms with van der Waals surface area (Å²) in [6.45, 7) is 6.16. The topological polar surface area (TPSA) is 79.0 Å². The second kappa shape index (κ2) is 10.3. The van der Waals surface area contributed by atoms with Gasteiger partial charge < -0.3 is 10.1 Å².